The molecular formula is C17H21Cl2N5O. The number of allylic oxidation sites excluding steroid dienone is 1. The fourth-order valence-electron chi connectivity index (χ4n) is 2.22. The first-order valence-electron chi connectivity index (χ1n) is 7.76. The quantitative estimate of drug-likeness (QED) is 0.416. The van der Waals surface area contributed by atoms with Crippen LogP contribution in [0, 0.1) is 0 Å². The van der Waals surface area contributed by atoms with E-state index >= 15 is 0 Å². The minimum absolute atomic E-state index is 0.184. The van der Waals surface area contributed by atoms with Crippen molar-refractivity contribution in [2.75, 3.05) is 18.8 Å². The van der Waals surface area contributed by atoms with Crippen molar-refractivity contribution in [3.8, 4) is 0 Å². The lowest BCUT2D eigenvalue weighted by Crippen LogP contribution is -2.19. The van der Waals surface area contributed by atoms with Crippen molar-refractivity contribution < 1.29 is 0 Å². The summed E-state index contributed by atoms with van der Waals surface area (Å²) in [4.78, 5) is 14.9. The van der Waals surface area contributed by atoms with E-state index in [2.05, 4.69) is 16.9 Å². The molecule has 0 fully saturated rings. The Morgan fingerprint density at radius 1 is 1.36 bits per heavy atom. The van der Waals surface area contributed by atoms with Crippen LogP contribution >= 0.6 is 23.2 Å². The highest BCUT2D eigenvalue weighted by Crippen LogP contribution is 2.25. The molecule has 8 heteroatoms. The molecule has 25 heavy (non-hydrogen) atoms. The number of nitrogen functional groups attached to an aromatic ring is 1. The molecule has 1 heterocycles. The number of aromatic nitrogens is 2. The zero-order chi connectivity index (χ0) is 18.4. The molecule has 0 atom stereocenters. The Bertz CT molecular complexity index is 818. The fourth-order valence-corrected chi connectivity index (χ4v) is 2.74. The number of H-pyrrole nitrogens is 1. The Labute approximate surface area is 156 Å². The number of aromatic amines is 1. The Balaban J connectivity index is 2.18. The lowest BCUT2D eigenvalue weighted by Gasteiger charge is -2.08. The van der Waals surface area contributed by atoms with Crippen molar-refractivity contribution in [1.29, 1.82) is 0 Å². The van der Waals surface area contributed by atoms with Crippen molar-refractivity contribution >= 4 is 35.1 Å². The van der Waals surface area contributed by atoms with E-state index < -0.39 is 0 Å². The maximum absolute atomic E-state index is 12.2. The summed E-state index contributed by atoms with van der Waals surface area (Å²) in [6.45, 7) is 5.40. The van der Waals surface area contributed by atoms with Crippen molar-refractivity contribution in [2.45, 2.75) is 13.0 Å². The third kappa shape index (κ3) is 4.92. The third-order valence-corrected chi connectivity index (χ3v) is 4.32. The minimum Gasteiger partial charge on any atom is -0.385 e. The number of hydrogen-bond donors (Lipinski definition) is 4. The Hall–Kier alpha value is -2.15. The molecule has 2 aromatic rings. The second-order valence-electron chi connectivity index (χ2n) is 5.44. The Morgan fingerprint density at radius 2 is 2.04 bits per heavy atom. The van der Waals surface area contributed by atoms with Crippen LogP contribution in [0.3, 0.4) is 0 Å². The summed E-state index contributed by atoms with van der Waals surface area (Å²) >= 11 is 12.3. The van der Waals surface area contributed by atoms with E-state index in [4.69, 9.17) is 34.7 Å². The first kappa shape index (κ1) is 19.2. The van der Waals surface area contributed by atoms with E-state index in [-0.39, 0.29) is 12.2 Å². The maximum Gasteiger partial charge on any atom is 0.327 e. The normalized spacial score (nSPS) is 11.2. The number of halogens is 2. The van der Waals surface area contributed by atoms with Gasteiger partial charge in [0.1, 0.15) is 5.82 Å². The molecule has 0 saturated heterocycles. The molecule has 0 aliphatic carbocycles. The summed E-state index contributed by atoms with van der Waals surface area (Å²) in [5, 5.41) is 4.08. The monoisotopic (exact) mass is 381 g/mol. The molecule has 0 saturated carbocycles. The predicted molar refractivity (Wildman–Crippen MR) is 105 cm³/mol. The molecule has 2 rings (SSSR count). The second kappa shape index (κ2) is 8.80. The van der Waals surface area contributed by atoms with Crippen molar-refractivity contribution in [3.63, 3.8) is 0 Å². The molecule has 0 bridgehead atoms. The standard InChI is InChI=1S/C17H21Cl2N5O/c1-11(22-9-3-8-20)6-7-15-16(21)24(17(25)23-15)10-12-13(18)4-2-5-14(12)19/h2,4-7,22H,1,3,8-10,20-21H2,(H,23,25)/b7-6-. The number of hydrogen-bond acceptors (Lipinski definition) is 4. The van der Waals surface area contributed by atoms with Gasteiger partial charge < -0.3 is 21.8 Å². The van der Waals surface area contributed by atoms with Gasteiger partial charge in [-0.25, -0.2) is 4.79 Å². The number of imidazole rings is 1. The van der Waals surface area contributed by atoms with Gasteiger partial charge in [-0.3, -0.25) is 4.57 Å². The number of nitrogens with zero attached hydrogens (tertiary/aromatic N) is 1. The van der Waals surface area contributed by atoms with Gasteiger partial charge in [-0.15, -0.1) is 0 Å². The molecule has 6 N–H and O–H groups in total. The molecule has 0 aliphatic rings. The first-order valence-corrected chi connectivity index (χ1v) is 8.51. The van der Waals surface area contributed by atoms with E-state index in [9.17, 15) is 4.79 Å². The van der Waals surface area contributed by atoms with Crippen LogP contribution in [-0.2, 0) is 6.54 Å². The summed E-state index contributed by atoms with van der Waals surface area (Å²) in [7, 11) is 0. The summed E-state index contributed by atoms with van der Waals surface area (Å²) in [5.74, 6) is 0.298. The fraction of sp³-hybridized carbons (Fsp3) is 0.235. The zero-order valence-corrected chi connectivity index (χ0v) is 15.2. The lowest BCUT2D eigenvalue weighted by molar-refractivity contribution is 0.745. The molecule has 1 aromatic carbocycles. The van der Waals surface area contributed by atoms with Crippen LogP contribution in [0.25, 0.3) is 6.08 Å². The van der Waals surface area contributed by atoms with Crippen LogP contribution in [0.2, 0.25) is 10.0 Å². The van der Waals surface area contributed by atoms with Gasteiger partial charge in [0, 0.05) is 27.9 Å². The van der Waals surface area contributed by atoms with Crippen molar-refractivity contribution in [3.05, 3.63) is 68.3 Å². The van der Waals surface area contributed by atoms with Crippen molar-refractivity contribution in [2.24, 2.45) is 5.73 Å². The molecule has 0 spiro atoms. The SMILES string of the molecule is C=C(/C=C\c1[nH]c(=O)n(Cc2c(Cl)cccc2Cl)c1N)NCCCN. The van der Waals surface area contributed by atoms with E-state index in [1.807, 2.05) is 0 Å². The minimum atomic E-state index is -0.338. The number of benzene rings is 1. The zero-order valence-electron chi connectivity index (χ0n) is 13.7. The van der Waals surface area contributed by atoms with Gasteiger partial charge in [0.15, 0.2) is 0 Å². The third-order valence-electron chi connectivity index (χ3n) is 3.62. The highest BCUT2D eigenvalue weighted by Gasteiger charge is 2.13. The van der Waals surface area contributed by atoms with E-state index in [0.29, 0.717) is 39.4 Å². The van der Waals surface area contributed by atoms with Crippen LogP contribution in [0.4, 0.5) is 5.82 Å². The van der Waals surface area contributed by atoms with Gasteiger partial charge in [0.05, 0.1) is 12.2 Å². The van der Waals surface area contributed by atoms with Crippen LogP contribution < -0.4 is 22.5 Å². The second-order valence-corrected chi connectivity index (χ2v) is 6.26. The number of anilines is 1. The molecule has 1 aromatic heterocycles. The topological polar surface area (TPSA) is 102 Å². The van der Waals surface area contributed by atoms with Crippen molar-refractivity contribution in [1.82, 2.24) is 14.9 Å². The Kier molecular flexibility index (Phi) is 6.75. The average molecular weight is 382 g/mol. The van der Waals surface area contributed by atoms with Crippen LogP contribution in [0.1, 0.15) is 17.7 Å². The Morgan fingerprint density at radius 3 is 2.68 bits per heavy atom. The predicted octanol–water partition coefficient (Wildman–Crippen LogP) is 2.58. The molecule has 134 valence electrons. The van der Waals surface area contributed by atoms with Gasteiger partial charge in [-0.1, -0.05) is 35.8 Å². The van der Waals surface area contributed by atoms with Gasteiger partial charge >= 0.3 is 5.69 Å². The number of nitrogens with two attached hydrogens (primary N) is 2. The van der Waals surface area contributed by atoms with Gasteiger partial charge in [-0.2, -0.15) is 0 Å². The summed E-state index contributed by atoms with van der Waals surface area (Å²) in [5.41, 5.74) is 13.0. The van der Waals surface area contributed by atoms with Crippen LogP contribution in [0.5, 0.6) is 0 Å². The molecule has 0 radical (unpaired) electrons. The van der Waals surface area contributed by atoms with Crippen LogP contribution in [0.15, 0.2) is 41.3 Å². The number of nitrogens with one attached hydrogen (secondary N) is 2. The van der Waals surface area contributed by atoms with E-state index in [0.717, 1.165) is 13.0 Å². The van der Waals surface area contributed by atoms with E-state index in [1.54, 1.807) is 30.4 Å². The highest BCUT2D eigenvalue weighted by atomic mass is 35.5. The molecule has 6 nitrogen and oxygen atoms in total. The summed E-state index contributed by atoms with van der Waals surface area (Å²) in [6.07, 6.45) is 4.28. The lowest BCUT2D eigenvalue weighted by atomic mass is 10.2. The molecule has 0 unspecified atom stereocenters. The highest BCUT2D eigenvalue weighted by molar-refractivity contribution is 6.35. The largest absolute Gasteiger partial charge is 0.385 e. The first-order chi connectivity index (χ1) is 11.9. The summed E-state index contributed by atoms with van der Waals surface area (Å²) in [6, 6.07) is 5.18. The molecule has 0 amide bonds. The molecular weight excluding hydrogens is 361 g/mol. The van der Waals surface area contributed by atoms with Crippen LogP contribution in [-0.4, -0.2) is 22.6 Å². The smallest absolute Gasteiger partial charge is 0.327 e. The van der Waals surface area contributed by atoms with Gasteiger partial charge in [0.25, 0.3) is 0 Å². The average Bonchev–Trinajstić information content (AvgIpc) is 2.83. The van der Waals surface area contributed by atoms with Gasteiger partial charge in [0.2, 0.25) is 0 Å². The summed E-state index contributed by atoms with van der Waals surface area (Å²) < 4.78 is 1.39. The maximum atomic E-state index is 12.2. The number of rotatable bonds is 8. The molecule has 0 aliphatic heterocycles. The van der Waals surface area contributed by atoms with E-state index in [1.165, 1.54) is 4.57 Å². The van der Waals surface area contributed by atoms with Gasteiger partial charge in [-0.05, 0) is 37.3 Å².